The maximum Gasteiger partial charge on any atom is 0.127 e. The highest BCUT2D eigenvalue weighted by Crippen LogP contribution is 2.30. The van der Waals surface area contributed by atoms with Crippen molar-refractivity contribution >= 4 is 11.6 Å². The summed E-state index contributed by atoms with van der Waals surface area (Å²) in [6.07, 6.45) is 1.28. The molecule has 0 aliphatic carbocycles. The SMILES string of the molecule is NC(Cc1c(F)cccc1Cl)c1ccc2c(c1)CCO2. The Morgan fingerprint density at radius 1 is 1.30 bits per heavy atom. The normalized spacial score (nSPS) is 14.8. The zero-order valence-electron chi connectivity index (χ0n) is 10.9. The molecule has 2 aromatic rings. The van der Waals surface area contributed by atoms with Gasteiger partial charge in [-0.15, -0.1) is 0 Å². The Bertz CT molecular complexity index is 624. The molecule has 0 spiro atoms. The quantitative estimate of drug-likeness (QED) is 0.937. The van der Waals surface area contributed by atoms with Gasteiger partial charge in [0.25, 0.3) is 0 Å². The van der Waals surface area contributed by atoms with Gasteiger partial charge in [-0.05, 0) is 35.7 Å². The first-order chi connectivity index (χ1) is 9.65. The van der Waals surface area contributed by atoms with Gasteiger partial charge in [0.05, 0.1) is 6.61 Å². The molecule has 3 rings (SSSR count). The summed E-state index contributed by atoms with van der Waals surface area (Å²) in [7, 11) is 0. The van der Waals surface area contributed by atoms with E-state index in [0.29, 0.717) is 23.6 Å². The van der Waals surface area contributed by atoms with Crippen LogP contribution >= 0.6 is 11.6 Å². The lowest BCUT2D eigenvalue weighted by Crippen LogP contribution is -2.14. The zero-order valence-corrected chi connectivity index (χ0v) is 11.7. The number of halogens is 2. The first-order valence-corrected chi connectivity index (χ1v) is 6.97. The van der Waals surface area contributed by atoms with Gasteiger partial charge in [-0.1, -0.05) is 29.8 Å². The Kier molecular flexibility index (Phi) is 3.64. The van der Waals surface area contributed by atoms with E-state index in [-0.39, 0.29) is 11.9 Å². The molecule has 0 radical (unpaired) electrons. The molecule has 0 fully saturated rings. The van der Waals surface area contributed by atoms with Gasteiger partial charge in [0.1, 0.15) is 11.6 Å². The summed E-state index contributed by atoms with van der Waals surface area (Å²) in [5, 5.41) is 0.421. The average Bonchev–Trinajstić information content (AvgIpc) is 2.90. The van der Waals surface area contributed by atoms with Crippen LogP contribution in [0.5, 0.6) is 5.75 Å². The fourth-order valence-electron chi connectivity index (χ4n) is 2.50. The second-order valence-corrected chi connectivity index (χ2v) is 5.38. The van der Waals surface area contributed by atoms with E-state index in [9.17, 15) is 4.39 Å². The van der Waals surface area contributed by atoms with Crippen LogP contribution in [-0.2, 0) is 12.8 Å². The number of fused-ring (bicyclic) bond motifs is 1. The average molecular weight is 292 g/mol. The van der Waals surface area contributed by atoms with Crippen LogP contribution in [0.1, 0.15) is 22.7 Å². The van der Waals surface area contributed by atoms with Gasteiger partial charge in [-0.3, -0.25) is 0 Å². The molecule has 0 bridgehead atoms. The van der Waals surface area contributed by atoms with Gasteiger partial charge in [-0.2, -0.15) is 0 Å². The van der Waals surface area contributed by atoms with Crippen molar-refractivity contribution in [3.63, 3.8) is 0 Å². The van der Waals surface area contributed by atoms with E-state index in [2.05, 4.69) is 0 Å². The van der Waals surface area contributed by atoms with Gasteiger partial charge in [0, 0.05) is 23.0 Å². The van der Waals surface area contributed by atoms with Gasteiger partial charge < -0.3 is 10.5 Å². The third kappa shape index (κ3) is 2.51. The summed E-state index contributed by atoms with van der Waals surface area (Å²) in [5.41, 5.74) is 8.81. The molecule has 104 valence electrons. The second kappa shape index (κ2) is 5.43. The van der Waals surface area contributed by atoms with Crippen molar-refractivity contribution in [2.24, 2.45) is 5.73 Å². The van der Waals surface area contributed by atoms with Crippen LogP contribution in [0.3, 0.4) is 0 Å². The molecule has 0 saturated carbocycles. The number of nitrogens with two attached hydrogens (primary N) is 1. The number of hydrogen-bond acceptors (Lipinski definition) is 2. The Morgan fingerprint density at radius 3 is 2.95 bits per heavy atom. The van der Waals surface area contributed by atoms with E-state index in [1.165, 1.54) is 6.07 Å². The summed E-state index contributed by atoms with van der Waals surface area (Å²) in [5.74, 6) is 0.613. The molecule has 1 atom stereocenters. The van der Waals surface area contributed by atoms with Crippen LogP contribution in [-0.4, -0.2) is 6.61 Å². The number of rotatable bonds is 3. The molecule has 0 saturated heterocycles. The van der Waals surface area contributed by atoms with E-state index >= 15 is 0 Å². The molecular formula is C16H15ClFNO. The van der Waals surface area contributed by atoms with Crippen molar-refractivity contribution in [2.45, 2.75) is 18.9 Å². The minimum absolute atomic E-state index is 0.282. The summed E-state index contributed by atoms with van der Waals surface area (Å²) in [4.78, 5) is 0. The van der Waals surface area contributed by atoms with Gasteiger partial charge in [0.2, 0.25) is 0 Å². The monoisotopic (exact) mass is 291 g/mol. The lowest BCUT2D eigenvalue weighted by atomic mass is 9.97. The molecule has 1 heterocycles. The lowest BCUT2D eigenvalue weighted by Gasteiger charge is -2.14. The summed E-state index contributed by atoms with van der Waals surface area (Å²) in [6, 6.07) is 10.3. The molecule has 1 aliphatic rings. The molecule has 2 N–H and O–H groups in total. The maximum absolute atomic E-state index is 13.8. The summed E-state index contributed by atoms with van der Waals surface area (Å²) >= 11 is 6.04. The van der Waals surface area contributed by atoms with Crippen LogP contribution < -0.4 is 10.5 Å². The van der Waals surface area contributed by atoms with Crippen molar-refractivity contribution in [3.05, 3.63) is 63.9 Å². The van der Waals surface area contributed by atoms with Crippen LogP contribution in [0, 0.1) is 5.82 Å². The third-order valence-corrected chi connectivity index (χ3v) is 3.98. The first-order valence-electron chi connectivity index (χ1n) is 6.59. The predicted molar refractivity (Wildman–Crippen MR) is 77.7 cm³/mol. The molecule has 20 heavy (non-hydrogen) atoms. The first kappa shape index (κ1) is 13.4. The van der Waals surface area contributed by atoms with Crippen LogP contribution in [0.4, 0.5) is 4.39 Å². The zero-order chi connectivity index (χ0) is 14.1. The smallest absolute Gasteiger partial charge is 0.127 e. The van der Waals surface area contributed by atoms with Crippen molar-refractivity contribution < 1.29 is 9.13 Å². The van der Waals surface area contributed by atoms with Crippen molar-refractivity contribution in [3.8, 4) is 5.75 Å². The number of hydrogen-bond donors (Lipinski definition) is 1. The fourth-order valence-corrected chi connectivity index (χ4v) is 2.74. The molecule has 1 unspecified atom stereocenters. The predicted octanol–water partition coefficient (Wildman–Crippen LogP) is 3.66. The molecule has 2 aromatic carbocycles. The minimum atomic E-state index is -0.308. The maximum atomic E-state index is 13.8. The van der Waals surface area contributed by atoms with Crippen LogP contribution in [0.2, 0.25) is 5.02 Å². The van der Waals surface area contributed by atoms with Gasteiger partial charge in [0.15, 0.2) is 0 Å². The lowest BCUT2D eigenvalue weighted by molar-refractivity contribution is 0.357. The molecule has 4 heteroatoms. The summed E-state index contributed by atoms with van der Waals surface area (Å²) < 4.78 is 19.3. The minimum Gasteiger partial charge on any atom is -0.493 e. The standard InChI is InChI=1S/C16H15ClFNO/c17-13-2-1-3-14(18)12(13)9-15(19)10-4-5-16-11(8-10)6-7-20-16/h1-5,8,15H,6-7,9,19H2. The fraction of sp³-hybridized carbons (Fsp3) is 0.250. The summed E-state index contributed by atoms with van der Waals surface area (Å²) in [6.45, 7) is 0.715. The Labute approximate surface area is 122 Å². The molecule has 1 aliphatic heterocycles. The highest BCUT2D eigenvalue weighted by molar-refractivity contribution is 6.31. The Morgan fingerprint density at radius 2 is 2.15 bits per heavy atom. The van der Waals surface area contributed by atoms with Crippen molar-refractivity contribution in [1.29, 1.82) is 0 Å². The van der Waals surface area contributed by atoms with Gasteiger partial charge >= 0.3 is 0 Å². The van der Waals surface area contributed by atoms with Crippen LogP contribution in [0.25, 0.3) is 0 Å². The van der Waals surface area contributed by atoms with E-state index < -0.39 is 0 Å². The van der Waals surface area contributed by atoms with Crippen LogP contribution in [0.15, 0.2) is 36.4 Å². The topological polar surface area (TPSA) is 35.2 Å². The Balaban J connectivity index is 1.84. The van der Waals surface area contributed by atoms with E-state index in [4.69, 9.17) is 22.1 Å². The largest absolute Gasteiger partial charge is 0.493 e. The Hall–Kier alpha value is -1.58. The van der Waals surface area contributed by atoms with Crippen molar-refractivity contribution in [2.75, 3.05) is 6.61 Å². The highest BCUT2D eigenvalue weighted by atomic mass is 35.5. The molecular weight excluding hydrogens is 277 g/mol. The van der Waals surface area contributed by atoms with Crippen molar-refractivity contribution in [1.82, 2.24) is 0 Å². The third-order valence-electron chi connectivity index (χ3n) is 3.63. The number of ether oxygens (including phenoxy) is 1. The highest BCUT2D eigenvalue weighted by Gasteiger charge is 2.17. The molecule has 0 aromatic heterocycles. The van der Waals surface area contributed by atoms with E-state index in [1.54, 1.807) is 12.1 Å². The van der Waals surface area contributed by atoms with Gasteiger partial charge in [-0.25, -0.2) is 4.39 Å². The second-order valence-electron chi connectivity index (χ2n) is 4.98. The number of benzene rings is 2. The molecule has 2 nitrogen and oxygen atoms in total. The van der Waals surface area contributed by atoms with E-state index in [0.717, 1.165) is 23.3 Å². The molecule has 0 amide bonds. The van der Waals surface area contributed by atoms with E-state index in [1.807, 2.05) is 18.2 Å².